The molecule has 2 aromatic rings. The van der Waals surface area contributed by atoms with Crippen molar-refractivity contribution in [2.24, 2.45) is 0 Å². The van der Waals surface area contributed by atoms with E-state index in [4.69, 9.17) is 4.74 Å². The van der Waals surface area contributed by atoms with Gasteiger partial charge in [0.05, 0.1) is 7.11 Å². The van der Waals surface area contributed by atoms with Crippen LogP contribution in [0, 0.1) is 5.82 Å². The molecule has 0 saturated heterocycles. The average molecular weight is 321 g/mol. The zero-order chi connectivity index (χ0) is 16.1. The Kier molecular flexibility index (Phi) is 5.69. The summed E-state index contributed by atoms with van der Waals surface area (Å²) >= 11 is 0. The zero-order valence-corrected chi connectivity index (χ0v) is 13.7. The maximum Gasteiger partial charge on any atom is 0.131 e. The Hall–Kier alpha value is -1.72. The highest BCUT2D eigenvalue weighted by molar-refractivity contribution is 7.84. The molecule has 0 spiro atoms. The molecule has 0 amide bonds. The summed E-state index contributed by atoms with van der Waals surface area (Å²) < 4.78 is 30.3. The van der Waals surface area contributed by atoms with Gasteiger partial charge in [0.15, 0.2) is 0 Å². The second-order valence-electron chi connectivity index (χ2n) is 5.09. The van der Waals surface area contributed by atoms with Crippen molar-refractivity contribution in [1.82, 2.24) is 5.32 Å². The largest absolute Gasteiger partial charge is 0.497 e. The third kappa shape index (κ3) is 4.15. The number of hydrogen-bond acceptors (Lipinski definition) is 3. The van der Waals surface area contributed by atoms with Crippen LogP contribution in [0.3, 0.4) is 0 Å². The van der Waals surface area contributed by atoms with E-state index in [2.05, 4.69) is 5.32 Å². The average Bonchev–Trinajstić information content (AvgIpc) is 2.52. The van der Waals surface area contributed by atoms with Gasteiger partial charge in [-0.2, -0.15) is 0 Å². The summed E-state index contributed by atoms with van der Waals surface area (Å²) in [5.41, 5.74) is 1.67. The highest BCUT2D eigenvalue weighted by atomic mass is 32.2. The van der Waals surface area contributed by atoms with Crippen LogP contribution in [0.25, 0.3) is 0 Å². The van der Waals surface area contributed by atoms with Gasteiger partial charge in [0.1, 0.15) is 11.6 Å². The smallest absolute Gasteiger partial charge is 0.131 e. The molecule has 0 aromatic heterocycles. The molecule has 0 fully saturated rings. The van der Waals surface area contributed by atoms with Crippen molar-refractivity contribution < 1.29 is 13.3 Å². The van der Waals surface area contributed by atoms with Crippen LogP contribution in [0.4, 0.5) is 4.39 Å². The molecule has 3 nitrogen and oxygen atoms in total. The standard InChI is InChI=1S/C17H20FNO2S/c1-12(16-9-6-14(21-2)10-17(16)18)19-11-13-4-7-15(8-5-13)22(3)20/h4-10,12,19H,11H2,1-3H3/t12-,22+/m1/s1. The molecule has 22 heavy (non-hydrogen) atoms. The minimum absolute atomic E-state index is 0.120. The molecule has 0 bridgehead atoms. The summed E-state index contributed by atoms with van der Waals surface area (Å²) in [4.78, 5) is 0.804. The molecule has 0 aliphatic heterocycles. The van der Waals surface area contributed by atoms with Gasteiger partial charge < -0.3 is 10.1 Å². The molecule has 0 radical (unpaired) electrons. The van der Waals surface area contributed by atoms with E-state index in [1.807, 2.05) is 31.2 Å². The molecule has 0 saturated carbocycles. The van der Waals surface area contributed by atoms with E-state index in [0.29, 0.717) is 17.9 Å². The Balaban J connectivity index is 2.00. The first-order valence-corrected chi connectivity index (χ1v) is 8.56. The second-order valence-corrected chi connectivity index (χ2v) is 6.47. The number of methoxy groups -OCH3 is 1. The van der Waals surface area contributed by atoms with Crippen molar-refractivity contribution in [3.8, 4) is 5.75 Å². The zero-order valence-electron chi connectivity index (χ0n) is 12.9. The van der Waals surface area contributed by atoms with E-state index >= 15 is 0 Å². The van der Waals surface area contributed by atoms with Crippen molar-refractivity contribution in [2.75, 3.05) is 13.4 Å². The minimum Gasteiger partial charge on any atom is -0.497 e. The maximum atomic E-state index is 14.0. The van der Waals surface area contributed by atoms with Crippen LogP contribution in [0.1, 0.15) is 24.1 Å². The summed E-state index contributed by atoms with van der Waals surface area (Å²) in [6, 6.07) is 12.3. The van der Waals surface area contributed by atoms with E-state index in [-0.39, 0.29) is 11.9 Å². The number of hydrogen-bond donors (Lipinski definition) is 1. The van der Waals surface area contributed by atoms with Gasteiger partial charge in [0.2, 0.25) is 0 Å². The predicted molar refractivity (Wildman–Crippen MR) is 87.0 cm³/mol. The number of rotatable bonds is 6. The highest BCUT2D eigenvalue weighted by Crippen LogP contribution is 2.22. The first-order chi connectivity index (χ1) is 10.5. The number of halogens is 1. The number of benzene rings is 2. The molecule has 0 heterocycles. The van der Waals surface area contributed by atoms with Crippen molar-refractivity contribution >= 4 is 10.8 Å². The summed E-state index contributed by atoms with van der Waals surface area (Å²) in [5.74, 6) is 0.229. The molecule has 5 heteroatoms. The van der Waals surface area contributed by atoms with E-state index < -0.39 is 10.8 Å². The lowest BCUT2D eigenvalue weighted by molar-refractivity contribution is 0.409. The van der Waals surface area contributed by atoms with Gasteiger partial charge in [0.25, 0.3) is 0 Å². The molecule has 0 unspecified atom stereocenters. The Labute approximate surface area is 133 Å². The van der Waals surface area contributed by atoms with Gasteiger partial charge in [0, 0.05) is 46.2 Å². The predicted octanol–water partition coefficient (Wildman–Crippen LogP) is 3.42. The lowest BCUT2D eigenvalue weighted by Gasteiger charge is -2.16. The third-order valence-corrected chi connectivity index (χ3v) is 4.48. The fraction of sp³-hybridized carbons (Fsp3) is 0.294. The molecule has 0 aliphatic rings. The summed E-state index contributed by atoms with van der Waals surface area (Å²) in [6.07, 6.45) is 1.65. The topological polar surface area (TPSA) is 38.3 Å². The molecular weight excluding hydrogens is 301 g/mol. The van der Waals surface area contributed by atoms with E-state index in [0.717, 1.165) is 10.5 Å². The van der Waals surface area contributed by atoms with E-state index in [1.54, 1.807) is 18.4 Å². The quantitative estimate of drug-likeness (QED) is 0.886. The first-order valence-electron chi connectivity index (χ1n) is 7.00. The van der Waals surface area contributed by atoms with Gasteiger partial charge >= 0.3 is 0 Å². The fourth-order valence-electron chi connectivity index (χ4n) is 2.17. The van der Waals surface area contributed by atoms with Gasteiger partial charge in [-0.3, -0.25) is 4.21 Å². The van der Waals surface area contributed by atoms with Crippen molar-refractivity contribution in [3.63, 3.8) is 0 Å². The fourth-order valence-corrected chi connectivity index (χ4v) is 2.69. The van der Waals surface area contributed by atoms with Crippen molar-refractivity contribution in [1.29, 1.82) is 0 Å². The van der Waals surface area contributed by atoms with Crippen molar-refractivity contribution in [2.45, 2.75) is 24.4 Å². The van der Waals surface area contributed by atoms with Crippen molar-refractivity contribution in [3.05, 3.63) is 59.4 Å². The van der Waals surface area contributed by atoms with Crippen LogP contribution in [0.2, 0.25) is 0 Å². The van der Waals surface area contributed by atoms with E-state index in [9.17, 15) is 8.60 Å². The lowest BCUT2D eigenvalue weighted by Crippen LogP contribution is -2.19. The number of ether oxygens (including phenoxy) is 1. The Morgan fingerprint density at radius 2 is 1.91 bits per heavy atom. The summed E-state index contributed by atoms with van der Waals surface area (Å²) in [7, 11) is 0.549. The van der Waals surface area contributed by atoms with Gasteiger partial charge in [-0.25, -0.2) is 4.39 Å². The molecule has 2 aromatic carbocycles. The van der Waals surface area contributed by atoms with Gasteiger partial charge in [-0.05, 0) is 30.7 Å². The third-order valence-electron chi connectivity index (χ3n) is 3.54. The molecule has 2 atom stereocenters. The van der Waals surface area contributed by atoms with Crippen LogP contribution in [-0.4, -0.2) is 17.6 Å². The lowest BCUT2D eigenvalue weighted by atomic mass is 10.1. The molecule has 1 N–H and O–H groups in total. The minimum atomic E-state index is -0.968. The highest BCUT2D eigenvalue weighted by Gasteiger charge is 2.11. The number of nitrogens with one attached hydrogen (secondary N) is 1. The molecule has 0 aliphatic carbocycles. The van der Waals surface area contributed by atoms with Crippen LogP contribution in [0.15, 0.2) is 47.4 Å². The van der Waals surface area contributed by atoms with Crippen LogP contribution < -0.4 is 10.1 Å². The second kappa shape index (κ2) is 7.51. The maximum absolute atomic E-state index is 14.0. The molecular formula is C17H20FNO2S. The SMILES string of the molecule is COc1ccc([C@@H](C)NCc2ccc([S@](C)=O)cc2)c(F)c1. The van der Waals surface area contributed by atoms with Crippen LogP contribution >= 0.6 is 0 Å². The summed E-state index contributed by atoms with van der Waals surface area (Å²) in [5, 5.41) is 3.29. The monoisotopic (exact) mass is 321 g/mol. The summed E-state index contributed by atoms with van der Waals surface area (Å²) in [6.45, 7) is 2.53. The molecule has 118 valence electrons. The van der Waals surface area contributed by atoms with Crippen LogP contribution in [0.5, 0.6) is 5.75 Å². The van der Waals surface area contributed by atoms with Gasteiger partial charge in [-0.15, -0.1) is 0 Å². The Morgan fingerprint density at radius 3 is 2.45 bits per heavy atom. The van der Waals surface area contributed by atoms with Gasteiger partial charge in [-0.1, -0.05) is 18.2 Å². The molecule has 2 rings (SSSR count). The normalized spacial score (nSPS) is 13.6. The van der Waals surface area contributed by atoms with E-state index in [1.165, 1.54) is 13.2 Å². The Bertz CT molecular complexity index is 658. The first kappa shape index (κ1) is 16.6. The Morgan fingerprint density at radius 1 is 1.23 bits per heavy atom. The van der Waals surface area contributed by atoms with Crippen LogP contribution in [-0.2, 0) is 17.3 Å².